The largest absolute Gasteiger partial charge is 0.370 e. The van der Waals surface area contributed by atoms with Crippen molar-refractivity contribution in [3.8, 4) is 6.07 Å². The first-order valence-corrected chi connectivity index (χ1v) is 4.84. The molecule has 0 aliphatic carbocycles. The maximum atomic E-state index is 10.4. The van der Waals surface area contributed by atoms with Gasteiger partial charge in [0.1, 0.15) is 0 Å². The second-order valence-electron chi connectivity index (χ2n) is 4.22. The Morgan fingerprint density at radius 3 is 2.71 bits per heavy atom. The van der Waals surface area contributed by atoms with E-state index in [0.29, 0.717) is 19.4 Å². The van der Waals surface area contributed by atoms with Crippen molar-refractivity contribution in [2.24, 2.45) is 11.1 Å². The highest BCUT2D eigenvalue weighted by Crippen LogP contribution is 2.20. The predicted octanol–water partition coefficient (Wildman–Crippen LogP) is 0.781. The van der Waals surface area contributed by atoms with E-state index in [4.69, 9.17) is 11.0 Å². The topological polar surface area (TPSA) is 78.9 Å². The Kier molecular flexibility index (Phi) is 5.89. The van der Waals surface area contributed by atoms with Crippen molar-refractivity contribution in [1.82, 2.24) is 5.32 Å². The molecule has 0 aromatic rings. The number of amides is 1. The summed E-state index contributed by atoms with van der Waals surface area (Å²) in [5, 5.41) is 11.6. The molecule has 4 heteroatoms. The lowest BCUT2D eigenvalue weighted by atomic mass is 9.88. The summed E-state index contributed by atoms with van der Waals surface area (Å²) in [5.74, 6) is -0.285. The molecule has 0 atom stereocenters. The molecule has 0 bridgehead atoms. The number of carbonyl (C=O) groups is 1. The third kappa shape index (κ3) is 7.56. The molecule has 0 unspecified atom stereocenters. The summed E-state index contributed by atoms with van der Waals surface area (Å²) >= 11 is 0. The average molecular weight is 197 g/mol. The van der Waals surface area contributed by atoms with Crippen LogP contribution in [0.4, 0.5) is 0 Å². The van der Waals surface area contributed by atoms with Crippen LogP contribution in [0.3, 0.4) is 0 Å². The lowest BCUT2D eigenvalue weighted by Gasteiger charge is -2.23. The molecule has 4 nitrogen and oxygen atoms in total. The summed E-state index contributed by atoms with van der Waals surface area (Å²) in [6.07, 6.45) is 1.81. The van der Waals surface area contributed by atoms with Gasteiger partial charge in [0, 0.05) is 25.9 Å². The zero-order valence-electron chi connectivity index (χ0n) is 8.97. The van der Waals surface area contributed by atoms with Crippen molar-refractivity contribution in [1.29, 1.82) is 5.26 Å². The standard InChI is InChI=1S/C10H19N3O/c1-10(2,5-3-6-11)8-13-7-4-9(12)14/h13H,3-5,7-8H2,1-2H3,(H2,12,14). The first-order valence-electron chi connectivity index (χ1n) is 4.84. The molecule has 0 heterocycles. The highest BCUT2D eigenvalue weighted by atomic mass is 16.1. The molecule has 0 aliphatic rings. The van der Waals surface area contributed by atoms with Crippen LogP contribution in [0.25, 0.3) is 0 Å². The van der Waals surface area contributed by atoms with Crippen molar-refractivity contribution >= 4 is 5.91 Å². The Labute approximate surface area is 85.5 Å². The van der Waals surface area contributed by atoms with Crippen molar-refractivity contribution in [2.75, 3.05) is 13.1 Å². The number of hydrogen-bond acceptors (Lipinski definition) is 3. The Morgan fingerprint density at radius 1 is 1.57 bits per heavy atom. The molecular weight excluding hydrogens is 178 g/mol. The smallest absolute Gasteiger partial charge is 0.218 e. The number of nitriles is 1. The average Bonchev–Trinajstić information content (AvgIpc) is 2.09. The second kappa shape index (κ2) is 6.39. The van der Waals surface area contributed by atoms with Gasteiger partial charge in [0.05, 0.1) is 6.07 Å². The van der Waals surface area contributed by atoms with Crippen LogP contribution in [0.15, 0.2) is 0 Å². The molecule has 0 aliphatic heterocycles. The second-order valence-corrected chi connectivity index (χ2v) is 4.22. The van der Waals surface area contributed by atoms with Crippen LogP contribution >= 0.6 is 0 Å². The zero-order chi connectivity index (χ0) is 11.0. The maximum absolute atomic E-state index is 10.4. The summed E-state index contributed by atoms with van der Waals surface area (Å²) in [6.45, 7) is 5.62. The van der Waals surface area contributed by atoms with Crippen LogP contribution in [-0.4, -0.2) is 19.0 Å². The number of nitrogens with two attached hydrogens (primary N) is 1. The van der Waals surface area contributed by atoms with E-state index in [0.717, 1.165) is 13.0 Å². The number of nitrogens with zero attached hydrogens (tertiary/aromatic N) is 1. The van der Waals surface area contributed by atoms with Gasteiger partial charge >= 0.3 is 0 Å². The van der Waals surface area contributed by atoms with E-state index in [-0.39, 0.29) is 11.3 Å². The summed E-state index contributed by atoms with van der Waals surface area (Å²) in [5.41, 5.74) is 5.11. The van der Waals surface area contributed by atoms with E-state index in [1.165, 1.54) is 0 Å². The monoisotopic (exact) mass is 197 g/mol. The van der Waals surface area contributed by atoms with Gasteiger partial charge in [0.2, 0.25) is 5.91 Å². The maximum Gasteiger partial charge on any atom is 0.218 e. The molecule has 0 fully saturated rings. The molecule has 0 aromatic carbocycles. The summed E-state index contributed by atoms with van der Waals surface area (Å²) in [4.78, 5) is 10.4. The lowest BCUT2D eigenvalue weighted by Crippen LogP contribution is -2.31. The van der Waals surface area contributed by atoms with E-state index in [1.54, 1.807) is 0 Å². The Bertz CT molecular complexity index is 218. The first kappa shape index (κ1) is 12.9. The minimum atomic E-state index is -0.285. The van der Waals surface area contributed by atoms with Gasteiger partial charge in [0.25, 0.3) is 0 Å². The number of nitrogens with one attached hydrogen (secondary N) is 1. The van der Waals surface area contributed by atoms with Crippen LogP contribution in [-0.2, 0) is 4.79 Å². The molecule has 0 radical (unpaired) electrons. The number of primary amides is 1. The molecule has 0 saturated carbocycles. The predicted molar refractivity (Wildman–Crippen MR) is 55.3 cm³/mol. The van der Waals surface area contributed by atoms with E-state index in [2.05, 4.69) is 25.2 Å². The van der Waals surface area contributed by atoms with Gasteiger partial charge in [-0.15, -0.1) is 0 Å². The third-order valence-electron chi connectivity index (χ3n) is 2.07. The molecule has 14 heavy (non-hydrogen) atoms. The zero-order valence-corrected chi connectivity index (χ0v) is 8.97. The highest BCUT2D eigenvalue weighted by Gasteiger charge is 2.16. The normalized spacial score (nSPS) is 10.9. The van der Waals surface area contributed by atoms with Gasteiger partial charge < -0.3 is 11.1 Å². The number of hydrogen-bond donors (Lipinski definition) is 2. The van der Waals surface area contributed by atoms with Gasteiger partial charge in [-0.1, -0.05) is 13.8 Å². The molecule has 0 saturated heterocycles. The molecule has 3 N–H and O–H groups in total. The number of carbonyl (C=O) groups excluding carboxylic acids is 1. The van der Waals surface area contributed by atoms with Crippen molar-refractivity contribution in [3.05, 3.63) is 0 Å². The summed E-state index contributed by atoms with van der Waals surface area (Å²) < 4.78 is 0. The van der Waals surface area contributed by atoms with Crippen molar-refractivity contribution in [3.63, 3.8) is 0 Å². The van der Waals surface area contributed by atoms with E-state index in [1.807, 2.05) is 0 Å². The van der Waals surface area contributed by atoms with Crippen LogP contribution < -0.4 is 11.1 Å². The molecule has 0 rings (SSSR count). The summed E-state index contributed by atoms with van der Waals surface area (Å²) in [6, 6.07) is 2.13. The quantitative estimate of drug-likeness (QED) is 0.592. The van der Waals surface area contributed by atoms with E-state index >= 15 is 0 Å². The van der Waals surface area contributed by atoms with Crippen LogP contribution in [0.2, 0.25) is 0 Å². The minimum absolute atomic E-state index is 0.105. The van der Waals surface area contributed by atoms with Crippen LogP contribution in [0.1, 0.15) is 33.1 Å². The molecular formula is C10H19N3O. The Morgan fingerprint density at radius 2 is 2.21 bits per heavy atom. The van der Waals surface area contributed by atoms with Gasteiger partial charge in [-0.3, -0.25) is 4.79 Å². The molecule has 1 amide bonds. The molecule has 80 valence electrons. The molecule has 0 spiro atoms. The third-order valence-corrected chi connectivity index (χ3v) is 2.07. The van der Waals surface area contributed by atoms with Crippen molar-refractivity contribution in [2.45, 2.75) is 33.1 Å². The highest BCUT2D eigenvalue weighted by molar-refractivity contribution is 5.73. The van der Waals surface area contributed by atoms with Crippen LogP contribution in [0.5, 0.6) is 0 Å². The fourth-order valence-corrected chi connectivity index (χ4v) is 1.12. The Balaban J connectivity index is 3.55. The SMILES string of the molecule is CC(C)(CCC#N)CNCCC(N)=O. The van der Waals surface area contributed by atoms with Gasteiger partial charge in [0.15, 0.2) is 0 Å². The first-order chi connectivity index (χ1) is 6.48. The van der Waals surface area contributed by atoms with Crippen LogP contribution in [0, 0.1) is 16.7 Å². The lowest BCUT2D eigenvalue weighted by molar-refractivity contribution is -0.117. The number of rotatable bonds is 7. The Hall–Kier alpha value is -1.08. The van der Waals surface area contributed by atoms with E-state index in [9.17, 15) is 4.79 Å². The fraction of sp³-hybridized carbons (Fsp3) is 0.800. The van der Waals surface area contributed by atoms with Gasteiger partial charge in [-0.05, 0) is 11.8 Å². The van der Waals surface area contributed by atoms with Gasteiger partial charge in [-0.2, -0.15) is 5.26 Å². The molecule has 0 aromatic heterocycles. The van der Waals surface area contributed by atoms with Gasteiger partial charge in [-0.25, -0.2) is 0 Å². The summed E-state index contributed by atoms with van der Waals surface area (Å²) in [7, 11) is 0. The van der Waals surface area contributed by atoms with Crippen molar-refractivity contribution < 1.29 is 4.79 Å². The van der Waals surface area contributed by atoms with E-state index < -0.39 is 0 Å². The fourth-order valence-electron chi connectivity index (χ4n) is 1.12. The minimum Gasteiger partial charge on any atom is -0.370 e.